The van der Waals surface area contributed by atoms with Crippen molar-refractivity contribution in [1.82, 2.24) is 4.90 Å². The van der Waals surface area contributed by atoms with Crippen LogP contribution in [0.5, 0.6) is 0 Å². The molecule has 5 nitrogen and oxygen atoms in total. The molecule has 0 aliphatic rings. The number of hydrogen-bond acceptors (Lipinski definition) is 2. The van der Waals surface area contributed by atoms with Crippen LogP contribution in [-0.4, -0.2) is 50.4 Å². The molecule has 2 amide bonds. The number of nitrogens with zero attached hydrogens (tertiary/aromatic N) is 1. The minimum Gasteiger partial charge on any atom is -0.341 e. The lowest BCUT2D eigenvalue weighted by molar-refractivity contribution is -0.862. The smallest absolute Gasteiger partial charge is 0.279 e. The molecule has 122 valence electrons. The number of carbonyl (C=O) groups is 2. The van der Waals surface area contributed by atoms with Gasteiger partial charge < -0.3 is 15.1 Å². The highest BCUT2D eigenvalue weighted by molar-refractivity contribution is 5.91. The van der Waals surface area contributed by atoms with Crippen molar-refractivity contribution in [3.8, 4) is 0 Å². The minimum atomic E-state index is -0.0784. The van der Waals surface area contributed by atoms with E-state index in [0.717, 1.165) is 35.5 Å². The molecule has 0 aliphatic carbocycles. The van der Waals surface area contributed by atoms with E-state index in [-0.39, 0.29) is 18.4 Å². The summed E-state index contributed by atoms with van der Waals surface area (Å²) in [5, 5.41) is 2.85. The minimum absolute atomic E-state index is 0.0779. The van der Waals surface area contributed by atoms with E-state index in [1.165, 1.54) is 0 Å². The van der Waals surface area contributed by atoms with Gasteiger partial charge in [-0.2, -0.15) is 0 Å². The van der Waals surface area contributed by atoms with Gasteiger partial charge >= 0.3 is 0 Å². The molecule has 0 fully saturated rings. The van der Waals surface area contributed by atoms with Gasteiger partial charge in [0.25, 0.3) is 11.8 Å². The van der Waals surface area contributed by atoms with Gasteiger partial charge in [0.1, 0.15) is 0 Å². The third kappa shape index (κ3) is 6.72. The Hall–Kier alpha value is -1.88. The van der Waals surface area contributed by atoms with Gasteiger partial charge in [-0.1, -0.05) is 31.0 Å². The van der Waals surface area contributed by atoms with Crippen LogP contribution in [-0.2, 0) is 9.59 Å². The number of unbranched alkanes of at least 4 members (excludes halogenated alkanes) is 1. The van der Waals surface area contributed by atoms with Gasteiger partial charge in [-0.05, 0) is 25.5 Å². The highest BCUT2D eigenvalue weighted by Crippen LogP contribution is 2.07. The molecule has 1 unspecified atom stereocenters. The standard InChI is InChI=1S/C17H27N3O2/c1-5-6-11-20(4)17(22)13-19(3)12-16(21)18-15-9-7-14(2)8-10-15/h7-10H,5-6,11-13H2,1-4H3,(H,18,21)/p+1. The number of amides is 2. The molecule has 0 heterocycles. The topological polar surface area (TPSA) is 53.9 Å². The number of aryl methyl sites for hydroxylation is 1. The van der Waals surface area contributed by atoms with E-state index >= 15 is 0 Å². The van der Waals surface area contributed by atoms with Crippen molar-refractivity contribution in [2.24, 2.45) is 0 Å². The van der Waals surface area contributed by atoms with Crippen LogP contribution in [0.2, 0.25) is 0 Å². The van der Waals surface area contributed by atoms with Crippen LogP contribution in [0.25, 0.3) is 0 Å². The van der Waals surface area contributed by atoms with Crippen molar-refractivity contribution in [3.63, 3.8) is 0 Å². The lowest BCUT2D eigenvalue weighted by atomic mass is 10.2. The third-order valence-electron chi connectivity index (χ3n) is 3.52. The molecule has 1 aromatic rings. The molecule has 0 bridgehead atoms. The fourth-order valence-corrected chi connectivity index (χ4v) is 2.09. The second-order valence-corrected chi connectivity index (χ2v) is 5.89. The molecular weight excluding hydrogens is 278 g/mol. The van der Waals surface area contributed by atoms with E-state index in [1.54, 1.807) is 4.90 Å². The SMILES string of the molecule is CCCCN(C)C(=O)C[NH+](C)CC(=O)Nc1ccc(C)cc1. The van der Waals surface area contributed by atoms with E-state index in [2.05, 4.69) is 12.2 Å². The average molecular weight is 306 g/mol. The van der Waals surface area contributed by atoms with E-state index in [9.17, 15) is 9.59 Å². The molecule has 0 aliphatic heterocycles. The fraction of sp³-hybridized carbons (Fsp3) is 0.529. The fourth-order valence-electron chi connectivity index (χ4n) is 2.09. The van der Waals surface area contributed by atoms with Gasteiger partial charge in [-0.15, -0.1) is 0 Å². The number of hydrogen-bond donors (Lipinski definition) is 2. The van der Waals surface area contributed by atoms with E-state index in [0.29, 0.717) is 6.54 Å². The normalized spacial score (nSPS) is 11.8. The van der Waals surface area contributed by atoms with Crippen LogP contribution in [0.1, 0.15) is 25.3 Å². The number of anilines is 1. The summed E-state index contributed by atoms with van der Waals surface area (Å²) in [6, 6.07) is 7.68. The molecule has 0 spiro atoms. The summed E-state index contributed by atoms with van der Waals surface area (Å²) >= 11 is 0. The van der Waals surface area contributed by atoms with Crippen molar-refractivity contribution in [3.05, 3.63) is 29.8 Å². The third-order valence-corrected chi connectivity index (χ3v) is 3.52. The van der Waals surface area contributed by atoms with E-state index in [1.807, 2.05) is 45.3 Å². The van der Waals surface area contributed by atoms with E-state index < -0.39 is 0 Å². The molecule has 5 heteroatoms. The summed E-state index contributed by atoms with van der Waals surface area (Å²) in [5.74, 6) is -0.000509. The summed E-state index contributed by atoms with van der Waals surface area (Å²) in [6.45, 7) is 5.50. The Labute approximate surface area is 133 Å². The average Bonchev–Trinajstić information content (AvgIpc) is 2.46. The van der Waals surface area contributed by atoms with Gasteiger partial charge in [-0.25, -0.2) is 0 Å². The summed E-state index contributed by atoms with van der Waals surface area (Å²) < 4.78 is 0. The number of carbonyl (C=O) groups excluding carboxylic acids is 2. The predicted octanol–water partition coefficient (Wildman–Crippen LogP) is 0.707. The summed E-state index contributed by atoms with van der Waals surface area (Å²) in [7, 11) is 3.68. The van der Waals surface area contributed by atoms with Crippen molar-refractivity contribution in [2.45, 2.75) is 26.7 Å². The number of quaternary nitrogens is 1. The molecule has 1 rings (SSSR count). The van der Waals surface area contributed by atoms with Crippen LogP contribution in [0.3, 0.4) is 0 Å². The first-order chi connectivity index (χ1) is 10.4. The Morgan fingerprint density at radius 1 is 1.18 bits per heavy atom. The highest BCUT2D eigenvalue weighted by atomic mass is 16.2. The van der Waals surface area contributed by atoms with Crippen molar-refractivity contribution in [2.75, 3.05) is 39.0 Å². The molecule has 22 heavy (non-hydrogen) atoms. The molecular formula is C17H28N3O2+. The summed E-state index contributed by atoms with van der Waals surface area (Å²) in [5.41, 5.74) is 1.94. The van der Waals surface area contributed by atoms with Gasteiger partial charge in [0.2, 0.25) is 0 Å². The Bertz CT molecular complexity index is 485. The number of benzene rings is 1. The summed E-state index contributed by atoms with van der Waals surface area (Å²) in [4.78, 5) is 26.6. The number of likely N-dealkylation sites (N-methyl/N-ethyl adjacent to an activating group) is 2. The Kier molecular flexibility index (Phi) is 7.60. The molecule has 1 aromatic carbocycles. The largest absolute Gasteiger partial charge is 0.341 e. The van der Waals surface area contributed by atoms with Crippen LogP contribution >= 0.6 is 0 Å². The maximum absolute atomic E-state index is 12.0. The van der Waals surface area contributed by atoms with Crippen LogP contribution in [0.15, 0.2) is 24.3 Å². The van der Waals surface area contributed by atoms with E-state index in [4.69, 9.17) is 0 Å². The quantitative estimate of drug-likeness (QED) is 0.743. The van der Waals surface area contributed by atoms with Gasteiger partial charge in [0.15, 0.2) is 13.1 Å². The molecule has 2 N–H and O–H groups in total. The first-order valence-corrected chi connectivity index (χ1v) is 7.84. The molecule has 1 atom stereocenters. The maximum atomic E-state index is 12.0. The van der Waals surface area contributed by atoms with Crippen molar-refractivity contribution < 1.29 is 14.5 Å². The zero-order valence-electron chi connectivity index (χ0n) is 14.1. The van der Waals surface area contributed by atoms with Gasteiger partial charge in [-0.3, -0.25) is 9.59 Å². The number of rotatable bonds is 8. The van der Waals surface area contributed by atoms with Crippen LogP contribution < -0.4 is 10.2 Å². The van der Waals surface area contributed by atoms with Crippen LogP contribution in [0.4, 0.5) is 5.69 Å². The zero-order valence-corrected chi connectivity index (χ0v) is 14.1. The first-order valence-electron chi connectivity index (χ1n) is 7.84. The lowest BCUT2D eigenvalue weighted by Gasteiger charge is -2.19. The molecule has 0 radical (unpaired) electrons. The highest BCUT2D eigenvalue weighted by Gasteiger charge is 2.16. The van der Waals surface area contributed by atoms with Gasteiger partial charge in [0.05, 0.1) is 7.05 Å². The second-order valence-electron chi connectivity index (χ2n) is 5.89. The number of nitrogens with one attached hydrogen (secondary N) is 2. The van der Waals surface area contributed by atoms with Crippen LogP contribution in [0, 0.1) is 6.92 Å². The zero-order chi connectivity index (χ0) is 16.5. The summed E-state index contributed by atoms with van der Waals surface area (Å²) in [6.07, 6.45) is 2.08. The molecule has 0 saturated heterocycles. The predicted molar refractivity (Wildman–Crippen MR) is 89.0 cm³/mol. The lowest BCUT2D eigenvalue weighted by Crippen LogP contribution is -3.11. The molecule has 0 saturated carbocycles. The first kappa shape index (κ1) is 18.2. The molecule has 0 aromatic heterocycles. The Morgan fingerprint density at radius 3 is 2.41 bits per heavy atom. The Balaban J connectivity index is 2.37. The van der Waals surface area contributed by atoms with Gasteiger partial charge in [0, 0.05) is 19.3 Å². The monoisotopic (exact) mass is 306 g/mol. The maximum Gasteiger partial charge on any atom is 0.279 e. The second kappa shape index (κ2) is 9.20. The van der Waals surface area contributed by atoms with Crippen molar-refractivity contribution >= 4 is 17.5 Å². The Morgan fingerprint density at radius 2 is 1.82 bits per heavy atom. The van der Waals surface area contributed by atoms with Crippen molar-refractivity contribution in [1.29, 1.82) is 0 Å².